The molecule has 0 aliphatic carbocycles. The lowest BCUT2D eigenvalue weighted by Gasteiger charge is -2.24. The predicted molar refractivity (Wildman–Crippen MR) is 100 cm³/mol. The van der Waals surface area contributed by atoms with Crippen molar-refractivity contribution in [2.75, 3.05) is 37.4 Å². The molecule has 0 N–H and O–H groups in total. The third-order valence-electron chi connectivity index (χ3n) is 3.04. The SMILES string of the molecule is CS(C)(C)CCOCn1nc(-c2ncc(Br)cc2F)nc1S(C)(=O)=O. The number of rotatable bonds is 7. The van der Waals surface area contributed by atoms with Crippen LogP contribution in [-0.2, 0) is 21.3 Å². The molecule has 0 aromatic carbocycles. The maximum Gasteiger partial charge on any atom is 0.248 e. The van der Waals surface area contributed by atoms with Crippen molar-refractivity contribution in [1.29, 1.82) is 0 Å². The summed E-state index contributed by atoms with van der Waals surface area (Å²) in [6, 6.07) is 1.21. The average Bonchev–Trinajstić information content (AvgIpc) is 2.86. The van der Waals surface area contributed by atoms with Crippen molar-refractivity contribution in [3.8, 4) is 11.5 Å². The molecule has 0 unspecified atom stereocenters. The number of sulfone groups is 1. The monoisotopic (exact) mass is 454 g/mol. The molecule has 0 aliphatic rings. The molecule has 11 heteroatoms. The number of aromatic nitrogens is 4. The van der Waals surface area contributed by atoms with E-state index in [1.54, 1.807) is 0 Å². The van der Waals surface area contributed by atoms with Crippen molar-refractivity contribution in [3.05, 3.63) is 22.6 Å². The Bertz CT molecular complexity index is 865. The molecule has 2 aromatic heterocycles. The van der Waals surface area contributed by atoms with Crippen molar-refractivity contribution in [1.82, 2.24) is 19.7 Å². The van der Waals surface area contributed by atoms with Gasteiger partial charge in [-0.3, -0.25) is 0 Å². The van der Waals surface area contributed by atoms with Crippen LogP contribution in [0.4, 0.5) is 4.39 Å². The summed E-state index contributed by atoms with van der Waals surface area (Å²) in [5.74, 6) is 0.130. The molecule has 0 radical (unpaired) electrons. The number of nitrogens with zero attached hydrogens (tertiary/aromatic N) is 4. The standard InChI is InChI=1S/C14H20BrFN4O3S2/c1-24(2,3)6-5-23-9-20-14(25(4,21)22)18-13(19-20)12-11(16)7-10(15)8-17-12/h7-8H,5-6,9H2,1-4H3. The summed E-state index contributed by atoms with van der Waals surface area (Å²) in [5, 5.41) is 3.78. The van der Waals surface area contributed by atoms with Gasteiger partial charge in [0, 0.05) is 22.7 Å². The second-order valence-electron chi connectivity index (χ2n) is 6.31. The largest absolute Gasteiger partial charge is 0.358 e. The van der Waals surface area contributed by atoms with Crippen molar-refractivity contribution in [2.24, 2.45) is 0 Å². The number of hydrogen-bond acceptors (Lipinski definition) is 6. The molecular formula is C14H20BrFN4O3S2. The zero-order valence-electron chi connectivity index (χ0n) is 14.4. The molecule has 0 bridgehead atoms. The molecule has 0 amide bonds. The van der Waals surface area contributed by atoms with Crippen molar-refractivity contribution in [3.63, 3.8) is 0 Å². The van der Waals surface area contributed by atoms with Gasteiger partial charge >= 0.3 is 0 Å². The van der Waals surface area contributed by atoms with E-state index in [1.165, 1.54) is 12.3 Å². The second-order valence-corrected chi connectivity index (χ2v) is 13.7. The molecule has 0 aliphatic heterocycles. The van der Waals surface area contributed by atoms with Crippen molar-refractivity contribution < 1.29 is 17.5 Å². The van der Waals surface area contributed by atoms with Crippen LogP contribution < -0.4 is 0 Å². The van der Waals surface area contributed by atoms with Crippen molar-refractivity contribution >= 4 is 35.8 Å². The lowest BCUT2D eigenvalue weighted by Crippen LogP contribution is -2.15. The lowest BCUT2D eigenvalue weighted by atomic mass is 10.3. The summed E-state index contributed by atoms with van der Waals surface area (Å²) in [7, 11) is -4.37. The first-order chi connectivity index (χ1) is 11.5. The minimum absolute atomic E-state index is 0.0803. The smallest absolute Gasteiger partial charge is 0.248 e. The van der Waals surface area contributed by atoms with E-state index in [4.69, 9.17) is 4.74 Å². The Balaban J connectivity index is 2.28. The number of pyridine rings is 1. The Morgan fingerprint density at radius 2 is 1.96 bits per heavy atom. The van der Waals surface area contributed by atoms with Gasteiger partial charge < -0.3 is 4.74 Å². The highest BCUT2D eigenvalue weighted by molar-refractivity contribution is 9.10. The first-order valence-electron chi connectivity index (χ1n) is 7.17. The molecular weight excluding hydrogens is 435 g/mol. The fourth-order valence-corrected chi connectivity index (χ4v) is 3.48. The van der Waals surface area contributed by atoms with Crippen LogP contribution in [0.1, 0.15) is 0 Å². The van der Waals surface area contributed by atoms with Gasteiger partial charge in [-0.1, -0.05) is 0 Å². The molecule has 140 valence electrons. The van der Waals surface area contributed by atoms with Crippen LogP contribution >= 0.6 is 26.0 Å². The van der Waals surface area contributed by atoms with Gasteiger partial charge in [-0.05, 0) is 40.8 Å². The third-order valence-corrected chi connectivity index (χ3v) is 5.83. The van der Waals surface area contributed by atoms with Gasteiger partial charge in [0.2, 0.25) is 20.8 Å². The van der Waals surface area contributed by atoms with Crippen molar-refractivity contribution in [2.45, 2.75) is 11.9 Å². The number of halogens is 2. The third kappa shape index (κ3) is 5.73. The van der Waals surface area contributed by atoms with E-state index in [-0.39, 0.29) is 23.4 Å². The molecule has 0 saturated heterocycles. The van der Waals surface area contributed by atoms with Gasteiger partial charge in [0.1, 0.15) is 12.4 Å². The molecule has 2 aromatic rings. The van der Waals surface area contributed by atoms with Crippen LogP contribution in [0.15, 0.2) is 21.9 Å². The Labute approximate surface area is 156 Å². The quantitative estimate of drug-likeness (QED) is 0.596. The molecule has 0 atom stereocenters. The van der Waals surface area contributed by atoms with E-state index in [0.29, 0.717) is 11.1 Å². The summed E-state index contributed by atoms with van der Waals surface area (Å²) in [5.41, 5.74) is -0.119. The normalized spacial score (nSPS) is 13.2. The highest BCUT2D eigenvalue weighted by Gasteiger charge is 2.22. The Hall–Kier alpha value is -1.04. The van der Waals surface area contributed by atoms with E-state index in [9.17, 15) is 12.8 Å². The molecule has 7 nitrogen and oxygen atoms in total. The topological polar surface area (TPSA) is 87.0 Å². The molecule has 0 spiro atoms. The van der Waals surface area contributed by atoms with E-state index >= 15 is 0 Å². The Morgan fingerprint density at radius 1 is 1.28 bits per heavy atom. The average molecular weight is 455 g/mol. The summed E-state index contributed by atoms with van der Waals surface area (Å²) in [4.78, 5) is 7.86. The van der Waals surface area contributed by atoms with Crippen LogP contribution in [-0.4, -0.2) is 65.5 Å². The minimum atomic E-state index is -3.65. The van der Waals surface area contributed by atoms with E-state index in [2.05, 4.69) is 49.8 Å². The zero-order valence-corrected chi connectivity index (χ0v) is 17.6. The van der Waals surface area contributed by atoms with Crippen LogP contribution in [0.5, 0.6) is 0 Å². The Kier molecular flexibility index (Phi) is 6.23. The summed E-state index contributed by atoms with van der Waals surface area (Å²) < 4.78 is 45.0. The van der Waals surface area contributed by atoms with Crippen LogP contribution in [0.2, 0.25) is 0 Å². The van der Waals surface area contributed by atoms with Gasteiger partial charge in [-0.15, -0.1) is 5.10 Å². The summed E-state index contributed by atoms with van der Waals surface area (Å²) >= 11 is 3.12. The molecule has 0 saturated carbocycles. The maximum atomic E-state index is 14.1. The first kappa shape index (κ1) is 20.3. The predicted octanol–water partition coefficient (Wildman–Crippen LogP) is 2.31. The highest BCUT2D eigenvalue weighted by Crippen LogP contribution is 2.33. The number of ether oxygens (including phenoxy) is 1. The van der Waals surface area contributed by atoms with Crippen LogP contribution in [0.3, 0.4) is 0 Å². The van der Waals surface area contributed by atoms with Gasteiger partial charge in [0.25, 0.3) is 0 Å². The van der Waals surface area contributed by atoms with Gasteiger partial charge in [-0.2, -0.15) is 4.98 Å². The van der Waals surface area contributed by atoms with Gasteiger partial charge in [-0.25, -0.2) is 32.5 Å². The molecule has 2 rings (SSSR count). The molecule has 25 heavy (non-hydrogen) atoms. The maximum absolute atomic E-state index is 14.1. The van der Waals surface area contributed by atoms with Crippen LogP contribution in [0.25, 0.3) is 11.5 Å². The summed E-state index contributed by atoms with van der Waals surface area (Å²) in [6.45, 7) is 0.394. The Morgan fingerprint density at radius 3 is 2.52 bits per heavy atom. The van der Waals surface area contributed by atoms with Gasteiger partial charge in [0.15, 0.2) is 5.82 Å². The van der Waals surface area contributed by atoms with Gasteiger partial charge in [0.05, 0.1) is 6.61 Å². The fraction of sp³-hybridized carbons (Fsp3) is 0.500. The second kappa shape index (κ2) is 7.68. The van der Waals surface area contributed by atoms with E-state index in [0.717, 1.165) is 16.7 Å². The molecule has 2 heterocycles. The van der Waals surface area contributed by atoms with E-state index < -0.39 is 25.7 Å². The van der Waals surface area contributed by atoms with Crippen LogP contribution in [0, 0.1) is 5.82 Å². The fourth-order valence-electron chi connectivity index (χ4n) is 1.83. The lowest BCUT2D eigenvalue weighted by molar-refractivity contribution is 0.0738. The van der Waals surface area contributed by atoms with E-state index in [1.807, 2.05) is 0 Å². The highest BCUT2D eigenvalue weighted by atomic mass is 79.9. The zero-order chi connectivity index (χ0) is 18.8. The summed E-state index contributed by atoms with van der Waals surface area (Å²) in [6.07, 6.45) is 8.89. The first-order valence-corrected chi connectivity index (χ1v) is 12.9. The molecule has 0 fully saturated rings. The number of hydrogen-bond donors (Lipinski definition) is 0. The minimum Gasteiger partial charge on any atom is -0.358 e.